The summed E-state index contributed by atoms with van der Waals surface area (Å²) in [5.41, 5.74) is 1.32. The Morgan fingerprint density at radius 1 is 0.667 bits per heavy atom. The van der Waals surface area contributed by atoms with Crippen molar-refractivity contribution in [2.45, 2.75) is 197 Å². The quantitative estimate of drug-likeness (QED) is 0.0932. The second kappa shape index (κ2) is 21.9. The summed E-state index contributed by atoms with van der Waals surface area (Å²) in [4.78, 5) is 4.11. The molecule has 0 bridgehead atoms. The van der Waals surface area contributed by atoms with Crippen molar-refractivity contribution in [1.82, 2.24) is 0 Å². The molecule has 2 aliphatic heterocycles. The minimum atomic E-state index is -2.69. The molecule has 3 nitrogen and oxygen atoms in total. The van der Waals surface area contributed by atoms with E-state index >= 15 is 0 Å². The zero-order valence-corrected chi connectivity index (χ0v) is 39.1. The molecule has 0 aliphatic carbocycles. The fourth-order valence-corrected chi connectivity index (χ4v) is 30.2. The molecule has 0 N–H and O–H groups in total. The topological polar surface area (TPSA) is 27.7 Å². The van der Waals surface area contributed by atoms with Gasteiger partial charge in [0.2, 0.25) is 0 Å². The molecule has 2 aromatic heterocycles. The minimum absolute atomic E-state index is 0.250. The molecule has 1 saturated heterocycles. The Kier molecular flexibility index (Phi) is 18.7. The molecule has 0 aromatic carbocycles. The van der Waals surface area contributed by atoms with Crippen LogP contribution in [0.15, 0.2) is 12.1 Å². The maximum absolute atomic E-state index is 7.60. The number of unbranched alkanes of at least 4 members (excludes halogenated alkanes) is 3. The zero-order valence-electron chi connectivity index (χ0n) is 34.6. The molecule has 1 fully saturated rings. The molecule has 292 valence electrons. The van der Waals surface area contributed by atoms with Gasteiger partial charge in [-0.2, -0.15) is 0 Å². The van der Waals surface area contributed by atoms with Crippen molar-refractivity contribution in [1.29, 1.82) is 0 Å². The van der Waals surface area contributed by atoms with Crippen LogP contribution in [0.5, 0.6) is 5.75 Å². The van der Waals surface area contributed by atoms with E-state index in [1.54, 1.807) is 10.4 Å². The fraction of sp³-hybridized carbons (Fsp3) is 0.822. The number of fused-ring (bicyclic) bond motifs is 3. The molecule has 0 amide bonds. The van der Waals surface area contributed by atoms with Crippen molar-refractivity contribution in [3.63, 3.8) is 0 Å². The molecule has 2 aliphatic rings. The van der Waals surface area contributed by atoms with Crippen LogP contribution in [-0.4, -0.2) is 31.6 Å². The van der Waals surface area contributed by atoms with Gasteiger partial charge in [-0.15, -0.1) is 0 Å². The van der Waals surface area contributed by atoms with Crippen LogP contribution in [0.4, 0.5) is 0 Å². The molecular weight excluding hydrogens is 771 g/mol. The van der Waals surface area contributed by atoms with Gasteiger partial charge in [-0.1, -0.05) is 0 Å². The van der Waals surface area contributed by atoms with Crippen molar-refractivity contribution in [3.05, 3.63) is 22.6 Å². The number of hydrogen-bond donors (Lipinski definition) is 0. The molecular formula is C45H78O3S2Sn. The van der Waals surface area contributed by atoms with Crippen LogP contribution in [0.25, 0.3) is 9.75 Å². The second-order valence-corrected chi connectivity index (χ2v) is 34.0. The molecule has 2 atom stereocenters. The Balaban J connectivity index is 1.80. The van der Waals surface area contributed by atoms with Crippen LogP contribution in [0, 0.1) is 23.7 Å². The van der Waals surface area contributed by atoms with Gasteiger partial charge in [0.05, 0.1) is 0 Å². The molecule has 51 heavy (non-hydrogen) atoms. The predicted molar refractivity (Wildman–Crippen MR) is 228 cm³/mol. The predicted octanol–water partition coefficient (Wildman–Crippen LogP) is 15.0. The molecule has 0 spiro atoms. The van der Waals surface area contributed by atoms with Crippen molar-refractivity contribution in [2.24, 2.45) is 23.7 Å². The van der Waals surface area contributed by atoms with Crippen LogP contribution < -0.4 is 7.63 Å². The molecule has 4 rings (SSSR count). The second-order valence-electron chi connectivity index (χ2n) is 17.7. The zero-order chi connectivity index (χ0) is 36.9. The van der Waals surface area contributed by atoms with E-state index in [0.717, 1.165) is 61.9 Å². The molecule has 2 aromatic rings. The summed E-state index contributed by atoms with van der Waals surface area (Å²) >= 11 is 1.46. The van der Waals surface area contributed by atoms with E-state index in [1.807, 2.05) is 14.2 Å². The van der Waals surface area contributed by atoms with Crippen LogP contribution in [-0.2, 0) is 15.1 Å². The summed E-state index contributed by atoms with van der Waals surface area (Å²) in [6.07, 6.45) is 21.6. The first-order valence-corrected chi connectivity index (χ1v) is 30.9. The van der Waals surface area contributed by atoms with Crippen molar-refractivity contribution >= 4 is 43.9 Å². The summed E-state index contributed by atoms with van der Waals surface area (Å²) in [5.74, 6) is 4.13. The Labute approximate surface area is 327 Å². The first-order chi connectivity index (χ1) is 24.6. The number of ether oxygens (including phenoxy) is 3. The van der Waals surface area contributed by atoms with E-state index in [9.17, 15) is 0 Å². The summed E-state index contributed by atoms with van der Waals surface area (Å²) in [7, 11) is 0. The Bertz CT molecular complexity index is 1210. The van der Waals surface area contributed by atoms with Crippen LogP contribution in [0.1, 0.15) is 188 Å². The van der Waals surface area contributed by atoms with Gasteiger partial charge in [-0.05, 0) is 0 Å². The number of rotatable bonds is 25. The van der Waals surface area contributed by atoms with E-state index in [1.165, 1.54) is 113 Å². The fourth-order valence-electron chi connectivity index (χ4n) is 8.60. The van der Waals surface area contributed by atoms with E-state index in [4.69, 9.17) is 14.2 Å². The van der Waals surface area contributed by atoms with Crippen LogP contribution in [0.3, 0.4) is 0 Å². The van der Waals surface area contributed by atoms with Gasteiger partial charge in [0, 0.05) is 0 Å². The van der Waals surface area contributed by atoms with Crippen molar-refractivity contribution in [2.75, 3.05) is 13.2 Å². The van der Waals surface area contributed by atoms with Gasteiger partial charge >= 0.3 is 330 Å². The third-order valence-corrected chi connectivity index (χ3v) is 32.7. The summed E-state index contributed by atoms with van der Waals surface area (Å²) in [6.45, 7) is 23.3. The summed E-state index contributed by atoms with van der Waals surface area (Å²) in [5, 5.41) is 0. The average Bonchev–Trinajstić information content (AvgIpc) is 3.76. The third kappa shape index (κ3) is 12.5. The van der Waals surface area contributed by atoms with Gasteiger partial charge < -0.3 is 0 Å². The normalized spacial score (nSPS) is 19.4. The molecule has 0 saturated carbocycles. The molecule has 0 radical (unpaired) electrons. The Hall–Kier alpha value is -0.0813. The van der Waals surface area contributed by atoms with E-state index in [2.05, 4.69) is 85.8 Å². The van der Waals surface area contributed by atoms with Gasteiger partial charge in [0.25, 0.3) is 0 Å². The Morgan fingerprint density at radius 2 is 1.20 bits per heavy atom. The average molecular weight is 850 g/mol. The first-order valence-electron chi connectivity index (χ1n) is 21.8. The molecule has 4 heterocycles. The van der Waals surface area contributed by atoms with Gasteiger partial charge in [-0.25, -0.2) is 0 Å². The van der Waals surface area contributed by atoms with Crippen molar-refractivity contribution < 1.29 is 14.2 Å². The number of hydrogen-bond acceptors (Lipinski definition) is 5. The maximum atomic E-state index is 7.60. The van der Waals surface area contributed by atoms with E-state index < -0.39 is 18.4 Å². The van der Waals surface area contributed by atoms with Crippen LogP contribution in [0.2, 0.25) is 13.3 Å². The van der Waals surface area contributed by atoms with Gasteiger partial charge in [0.1, 0.15) is 0 Å². The van der Waals surface area contributed by atoms with Crippen molar-refractivity contribution in [3.8, 4) is 15.5 Å². The number of thiophene rings is 2. The first kappa shape index (κ1) is 43.6. The summed E-state index contributed by atoms with van der Waals surface area (Å²) < 4.78 is 26.4. The monoisotopic (exact) mass is 850 g/mol. The molecule has 2 unspecified atom stereocenters. The van der Waals surface area contributed by atoms with Gasteiger partial charge in [-0.3, -0.25) is 0 Å². The van der Waals surface area contributed by atoms with E-state index in [0.29, 0.717) is 0 Å². The van der Waals surface area contributed by atoms with E-state index in [-0.39, 0.29) is 11.9 Å². The Morgan fingerprint density at radius 3 is 1.69 bits per heavy atom. The van der Waals surface area contributed by atoms with Gasteiger partial charge in [0.15, 0.2) is 0 Å². The molecule has 6 heteroatoms. The van der Waals surface area contributed by atoms with Crippen LogP contribution >= 0.6 is 22.7 Å². The summed E-state index contributed by atoms with van der Waals surface area (Å²) in [6, 6.07) is 5.15. The standard InChI is InChI=1S/C33H51O3S2.3C4H9.Sn/c1-23(2)10-7-12-25(5)14-17-33(18-15-26(6)13-8-11-24(3)4)27-16-21-37-30(27)31-28(36-33)22-29(38-31)32-34-19-9-20-35-32;3*1-3-4-2;/h16,22-26,32H,7-15,17-20H2,1-6H3;3*1,3-4H2,2H3;. The third-order valence-electron chi connectivity index (χ3n) is 12.1. The SMILES string of the molecule is CCC[CH2][Sn]([CH2]CCC)([CH2]CCC)[c]1cc2c(s1)-c1sc(C3OCCCO3)cc1OC2(CCC(C)CCCC(C)C)CCC(C)CCCC(C)C.